The molecule has 0 atom stereocenters. The van der Waals surface area contributed by atoms with Crippen LogP contribution in [0.3, 0.4) is 0 Å². The molecule has 101 valence electrons. The van der Waals surface area contributed by atoms with Crippen molar-refractivity contribution < 1.29 is 8.42 Å². The van der Waals surface area contributed by atoms with Gasteiger partial charge in [0.05, 0.1) is 0 Å². The van der Waals surface area contributed by atoms with Gasteiger partial charge in [-0.2, -0.15) is 17.0 Å². The van der Waals surface area contributed by atoms with Crippen LogP contribution in [0.25, 0.3) is 0 Å². The molecule has 0 amide bonds. The van der Waals surface area contributed by atoms with Crippen molar-refractivity contribution in [2.75, 3.05) is 47.3 Å². The lowest BCUT2D eigenvalue weighted by Crippen LogP contribution is -2.45. The second-order valence-electron chi connectivity index (χ2n) is 4.75. The first kappa shape index (κ1) is 14.9. The van der Waals surface area contributed by atoms with E-state index in [1.165, 1.54) is 4.31 Å². The van der Waals surface area contributed by atoms with Crippen molar-refractivity contribution in [3.8, 4) is 0 Å². The molecule has 1 saturated heterocycles. The minimum absolute atomic E-state index is 0.584. The monoisotopic (exact) mass is 262 g/mol. The number of rotatable bonds is 6. The molecule has 1 heterocycles. The van der Waals surface area contributed by atoms with Crippen LogP contribution in [0.15, 0.2) is 0 Å². The highest BCUT2D eigenvalue weighted by molar-refractivity contribution is 7.86. The molecule has 0 saturated carbocycles. The van der Waals surface area contributed by atoms with E-state index in [0.29, 0.717) is 19.6 Å². The minimum atomic E-state index is -3.23. The SMILES string of the molecule is CN(C)CCCN(C)S(=O)(=O)N1CC[CH]CC1. The molecular weight excluding hydrogens is 238 g/mol. The van der Waals surface area contributed by atoms with Gasteiger partial charge in [0.15, 0.2) is 0 Å². The number of hydrogen-bond donors (Lipinski definition) is 0. The molecule has 1 aliphatic heterocycles. The van der Waals surface area contributed by atoms with Crippen LogP contribution in [-0.2, 0) is 10.2 Å². The van der Waals surface area contributed by atoms with Gasteiger partial charge in [-0.25, -0.2) is 0 Å². The molecule has 0 aromatic heterocycles. The number of piperidine rings is 1. The summed E-state index contributed by atoms with van der Waals surface area (Å²) in [4.78, 5) is 2.07. The molecule has 17 heavy (non-hydrogen) atoms. The van der Waals surface area contributed by atoms with Crippen molar-refractivity contribution in [2.45, 2.75) is 19.3 Å². The predicted molar refractivity (Wildman–Crippen MR) is 69.8 cm³/mol. The van der Waals surface area contributed by atoms with Gasteiger partial charge in [0.2, 0.25) is 0 Å². The summed E-state index contributed by atoms with van der Waals surface area (Å²) in [6.45, 7) is 2.75. The van der Waals surface area contributed by atoms with Gasteiger partial charge in [0.25, 0.3) is 10.2 Å². The van der Waals surface area contributed by atoms with Crippen molar-refractivity contribution in [3.63, 3.8) is 0 Å². The van der Waals surface area contributed by atoms with Crippen LogP contribution in [0.1, 0.15) is 19.3 Å². The van der Waals surface area contributed by atoms with E-state index in [1.54, 1.807) is 11.4 Å². The zero-order valence-electron chi connectivity index (χ0n) is 11.1. The van der Waals surface area contributed by atoms with E-state index in [4.69, 9.17) is 0 Å². The van der Waals surface area contributed by atoms with E-state index >= 15 is 0 Å². The standard InChI is InChI=1S/C11H24N3O2S/c1-12(2)8-7-9-13(3)17(15,16)14-10-5-4-6-11-14/h4H,5-11H2,1-3H3. The lowest BCUT2D eigenvalue weighted by molar-refractivity contribution is 0.327. The Hall–Kier alpha value is -0.170. The van der Waals surface area contributed by atoms with Crippen molar-refractivity contribution in [1.82, 2.24) is 13.5 Å². The highest BCUT2D eigenvalue weighted by Crippen LogP contribution is 2.14. The Balaban J connectivity index is 2.45. The molecule has 6 heteroatoms. The third kappa shape index (κ3) is 4.54. The highest BCUT2D eigenvalue weighted by Gasteiger charge is 2.27. The second kappa shape index (κ2) is 6.68. The Morgan fingerprint density at radius 1 is 1.12 bits per heavy atom. The van der Waals surface area contributed by atoms with Crippen LogP contribution < -0.4 is 0 Å². The third-order valence-electron chi connectivity index (χ3n) is 2.96. The second-order valence-corrected chi connectivity index (χ2v) is 6.79. The molecule has 0 spiro atoms. The van der Waals surface area contributed by atoms with E-state index in [9.17, 15) is 8.42 Å². The Morgan fingerprint density at radius 3 is 2.24 bits per heavy atom. The van der Waals surface area contributed by atoms with E-state index < -0.39 is 10.2 Å². The van der Waals surface area contributed by atoms with Gasteiger partial charge < -0.3 is 4.90 Å². The predicted octanol–water partition coefficient (Wildman–Crippen LogP) is 0.415. The minimum Gasteiger partial charge on any atom is -0.309 e. The fraction of sp³-hybridized carbons (Fsp3) is 0.909. The molecule has 0 unspecified atom stereocenters. The summed E-state index contributed by atoms with van der Waals surface area (Å²) in [5, 5.41) is 0. The molecule has 0 aromatic rings. The Morgan fingerprint density at radius 2 is 1.71 bits per heavy atom. The van der Waals surface area contributed by atoms with E-state index in [-0.39, 0.29) is 0 Å². The lowest BCUT2D eigenvalue weighted by Gasteiger charge is -2.30. The van der Waals surface area contributed by atoms with Gasteiger partial charge >= 0.3 is 0 Å². The van der Waals surface area contributed by atoms with Gasteiger partial charge in [-0.3, -0.25) is 0 Å². The Bertz CT molecular complexity index is 311. The van der Waals surface area contributed by atoms with Crippen LogP contribution in [0.2, 0.25) is 0 Å². The maximum atomic E-state index is 12.2. The normalized spacial score (nSPS) is 19.1. The average molecular weight is 262 g/mol. The summed E-state index contributed by atoms with van der Waals surface area (Å²) >= 11 is 0. The molecule has 0 N–H and O–H groups in total. The summed E-state index contributed by atoms with van der Waals surface area (Å²) < 4.78 is 27.4. The first-order chi connectivity index (χ1) is 7.94. The van der Waals surface area contributed by atoms with Crippen LogP contribution in [-0.4, -0.2) is 69.3 Å². The molecule has 0 bridgehead atoms. The van der Waals surface area contributed by atoms with E-state index in [2.05, 4.69) is 11.3 Å². The largest absolute Gasteiger partial charge is 0.309 e. The van der Waals surface area contributed by atoms with E-state index in [0.717, 1.165) is 25.8 Å². The summed E-state index contributed by atoms with van der Waals surface area (Å²) in [5.41, 5.74) is 0. The van der Waals surface area contributed by atoms with Crippen LogP contribution >= 0.6 is 0 Å². The molecule has 5 nitrogen and oxygen atoms in total. The summed E-state index contributed by atoms with van der Waals surface area (Å²) in [6.07, 6.45) is 4.75. The smallest absolute Gasteiger partial charge is 0.281 e. The Kier molecular flexibility index (Phi) is 5.85. The molecule has 0 aliphatic carbocycles. The van der Waals surface area contributed by atoms with Gasteiger partial charge in [0, 0.05) is 26.7 Å². The molecule has 1 aliphatic rings. The van der Waals surface area contributed by atoms with Gasteiger partial charge in [-0.05, 0) is 46.3 Å². The van der Waals surface area contributed by atoms with Gasteiger partial charge in [-0.15, -0.1) is 0 Å². The zero-order valence-corrected chi connectivity index (χ0v) is 11.9. The first-order valence-corrected chi connectivity index (χ1v) is 7.52. The molecule has 0 aromatic carbocycles. The van der Waals surface area contributed by atoms with Crippen molar-refractivity contribution >= 4 is 10.2 Å². The van der Waals surface area contributed by atoms with Crippen LogP contribution in [0, 0.1) is 6.42 Å². The van der Waals surface area contributed by atoms with Crippen molar-refractivity contribution in [2.24, 2.45) is 0 Å². The lowest BCUT2D eigenvalue weighted by atomic mass is 10.2. The average Bonchev–Trinajstić information content (AvgIpc) is 2.29. The molecule has 1 radical (unpaired) electrons. The topological polar surface area (TPSA) is 43.9 Å². The fourth-order valence-electron chi connectivity index (χ4n) is 1.88. The quantitative estimate of drug-likeness (QED) is 0.696. The fourth-order valence-corrected chi connectivity index (χ4v) is 3.31. The molecular formula is C11H24N3O2S. The maximum absolute atomic E-state index is 12.2. The number of hydrogen-bond acceptors (Lipinski definition) is 3. The van der Waals surface area contributed by atoms with Gasteiger partial charge in [-0.1, -0.05) is 0 Å². The summed E-state index contributed by atoms with van der Waals surface area (Å²) in [6, 6.07) is 0. The van der Waals surface area contributed by atoms with Crippen LogP contribution in [0.4, 0.5) is 0 Å². The van der Waals surface area contributed by atoms with Gasteiger partial charge in [0.1, 0.15) is 0 Å². The molecule has 1 rings (SSSR count). The Labute approximate surface area is 106 Å². The molecule has 1 fully saturated rings. The van der Waals surface area contributed by atoms with E-state index in [1.807, 2.05) is 14.1 Å². The summed E-state index contributed by atoms with van der Waals surface area (Å²) in [5.74, 6) is 0. The van der Waals surface area contributed by atoms with Crippen LogP contribution in [0.5, 0.6) is 0 Å². The van der Waals surface area contributed by atoms with Crippen molar-refractivity contribution in [3.05, 3.63) is 6.42 Å². The van der Waals surface area contributed by atoms with Crippen molar-refractivity contribution in [1.29, 1.82) is 0 Å². The summed E-state index contributed by atoms with van der Waals surface area (Å²) in [7, 11) is 2.43. The maximum Gasteiger partial charge on any atom is 0.281 e. The first-order valence-electron chi connectivity index (χ1n) is 6.12. The number of nitrogens with zero attached hydrogens (tertiary/aromatic N) is 3. The third-order valence-corrected chi connectivity index (χ3v) is 4.95. The zero-order chi connectivity index (χ0) is 12.9. The highest BCUT2D eigenvalue weighted by atomic mass is 32.2.